The highest BCUT2D eigenvalue weighted by Crippen LogP contribution is 2.21. The monoisotopic (exact) mass is 445 g/mol. The molecule has 1 saturated heterocycles. The SMILES string of the molecule is CN=C(NCC(C)(C)Cc1ccccc1)N(C)CC1CCOC1.I. The van der Waals surface area contributed by atoms with E-state index in [2.05, 4.69) is 66.4 Å². The Hall–Kier alpha value is -0.820. The Labute approximate surface area is 164 Å². The third-order valence-corrected chi connectivity index (χ3v) is 4.38. The van der Waals surface area contributed by atoms with E-state index in [4.69, 9.17) is 4.74 Å². The maximum Gasteiger partial charge on any atom is 0.193 e. The number of nitrogens with zero attached hydrogens (tertiary/aromatic N) is 2. The van der Waals surface area contributed by atoms with E-state index in [9.17, 15) is 0 Å². The molecule has 4 nitrogen and oxygen atoms in total. The molecule has 0 aliphatic carbocycles. The molecule has 1 aliphatic rings. The van der Waals surface area contributed by atoms with Crippen LogP contribution in [0.3, 0.4) is 0 Å². The molecule has 0 radical (unpaired) electrons. The third kappa shape index (κ3) is 6.97. The van der Waals surface area contributed by atoms with Crippen molar-refractivity contribution in [1.82, 2.24) is 10.2 Å². The summed E-state index contributed by atoms with van der Waals surface area (Å²) < 4.78 is 5.47. The van der Waals surface area contributed by atoms with E-state index in [1.54, 1.807) is 0 Å². The maximum absolute atomic E-state index is 5.47. The van der Waals surface area contributed by atoms with Gasteiger partial charge in [0.05, 0.1) is 6.61 Å². The van der Waals surface area contributed by atoms with Gasteiger partial charge in [-0.3, -0.25) is 4.99 Å². The number of aliphatic imine (C=N–C) groups is 1. The fraction of sp³-hybridized carbons (Fsp3) is 0.632. The van der Waals surface area contributed by atoms with Gasteiger partial charge >= 0.3 is 0 Å². The summed E-state index contributed by atoms with van der Waals surface area (Å²) in [6.45, 7) is 8.27. The molecule has 0 saturated carbocycles. The number of ether oxygens (including phenoxy) is 1. The number of halogens is 1. The molecule has 1 atom stereocenters. The molecule has 0 spiro atoms. The first kappa shape index (κ1) is 21.2. The molecular weight excluding hydrogens is 413 g/mol. The summed E-state index contributed by atoms with van der Waals surface area (Å²) in [6, 6.07) is 10.7. The average Bonchev–Trinajstić information content (AvgIpc) is 3.01. The fourth-order valence-corrected chi connectivity index (χ4v) is 3.12. The summed E-state index contributed by atoms with van der Waals surface area (Å²) in [7, 11) is 3.96. The Bertz CT molecular complexity index is 499. The second-order valence-corrected chi connectivity index (χ2v) is 7.34. The van der Waals surface area contributed by atoms with Gasteiger partial charge in [-0.25, -0.2) is 0 Å². The highest BCUT2D eigenvalue weighted by Gasteiger charge is 2.22. The summed E-state index contributed by atoms with van der Waals surface area (Å²) >= 11 is 0. The van der Waals surface area contributed by atoms with E-state index in [0.29, 0.717) is 5.92 Å². The van der Waals surface area contributed by atoms with Gasteiger partial charge in [0, 0.05) is 39.7 Å². The molecule has 1 aliphatic heterocycles. The van der Waals surface area contributed by atoms with Gasteiger partial charge in [0.1, 0.15) is 0 Å². The number of hydrogen-bond acceptors (Lipinski definition) is 2. The van der Waals surface area contributed by atoms with Gasteiger partial charge in [-0.1, -0.05) is 44.2 Å². The van der Waals surface area contributed by atoms with Crippen LogP contribution in [0.1, 0.15) is 25.8 Å². The normalized spacial score (nSPS) is 18.2. The third-order valence-electron chi connectivity index (χ3n) is 4.38. The summed E-state index contributed by atoms with van der Waals surface area (Å²) in [5, 5.41) is 3.54. The minimum Gasteiger partial charge on any atom is -0.381 e. The van der Waals surface area contributed by atoms with Crippen LogP contribution >= 0.6 is 24.0 Å². The zero-order valence-electron chi connectivity index (χ0n) is 15.4. The molecule has 136 valence electrons. The van der Waals surface area contributed by atoms with Crippen molar-refractivity contribution in [3.63, 3.8) is 0 Å². The molecule has 0 bridgehead atoms. The first-order valence-electron chi connectivity index (χ1n) is 8.53. The predicted molar refractivity (Wildman–Crippen MR) is 112 cm³/mol. The van der Waals surface area contributed by atoms with E-state index < -0.39 is 0 Å². The second kappa shape index (κ2) is 10.2. The standard InChI is InChI=1S/C19H31N3O.HI/c1-19(2,12-16-8-6-5-7-9-16)15-21-18(20-3)22(4)13-17-10-11-23-14-17;/h5-9,17H,10-15H2,1-4H3,(H,20,21);1H. The van der Waals surface area contributed by atoms with Crippen molar-refractivity contribution in [2.24, 2.45) is 16.3 Å². The molecule has 24 heavy (non-hydrogen) atoms. The van der Waals surface area contributed by atoms with Crippen molar-refractivity contribution < 1.29 is 4.74 Å². The lowest BCUT2D eigenvalue weighted by molar-refractivity contribution is 0.181. The van der Waals surface area contributed by atoms with Crippen LogP contribution in [0.15, 0.2) is 35.3 Å². The molecule has 0 amide bonds. The van der Waals surface area contributed by atoms with Crippen LogP contribution < -0.4 is 5.32 Å². The topological polar surface area (TPSA) is 36.9 Å². The summed E-state index contributed by atoms with van der Waals surface area (Å²) in [6.07, 6.45) is 2.21. The molecule has 1 fully saturated rings. The Kier molecular flexibility index (Phi) is 9.05. The lowest BCUT2D eigenvalue weighted by Gasteiger charge is -2.30. The van der Waals surface area contributed by atoms with E-state index in [0.717, 1.165) is 45.1 Å². The quantitative estimate of drug-likeness (QED) is 0.414. The molecule has 1 aromatic carbocycles. The zero-order chi connectivity index (χ0) is 16.7. The van der Waals surface area contributed by atoms with Crippen molar-refractivity contribution in [1.29, 1.82) is 0 Å². The van der Waals surface area contributed by atoms with Crippen molar-refractivity contribution in [2.45, 2.75) is 26.7 Å². The highest BCUT2D eigenvalue weighted by atomic mass is 127. The molecule has 5 heteroatoms. The van der Waals surface area contributed by atoms with Crippen molar-refractivity contribution in [2.75, 3.05) is 40.4 Å². The van der Waals surface area contributed by atoms with Gasteiger partial charge in [0.25, 0.3) is 0 Å². The van der Waals surface area contributed by atoms with Crippen LogP contribution in [0.4, 0.5) is 0 Å². The lowest BCUT2D eigenvalue weighted by Crippen LogP contribution is -2.45. The minimum atomic E-state index is 0. The smallest absolute Gasteiger partial charge is 0.193 e. The average molecular weight is 445 g/mol. The highest BCUT2D eigenvalue weighted by molar-refractivity contribution is 14.0. The number of nitrogens with one attached hydrogen (secondary N) is 1. The number of hydrogen-bond donors (Lipinski definition) is 1. The molecule has 1 aromatic rings. The Morgan fingerprint density at radius 3 is 2.62 bits per heavy atom. The largest absolute Gasteiger partial charge is 0.381 e. The van der Waals surface area contributed by atoms with Gasteiger partial charge in [0.2, 0.25) is 0 Å². The van der Waals surface area contributed by atoms with Gasteiger partial charge < -0.3 is 15.0 Å². The van der Waals surface area contributed by atoms with Crippen LogP contribution in [-0.2, 0) is 11.2 Å². The Balaban J connectivity index is 0.00000288. The van der Waals surface area contributed by atoms with Gasteiger partial charge in [0.15, 0.2) is 5.96 Å². The molecule has 0 aromatic heterocycles. The van der Waals surface area contributed by atoms with Crippen LogP contribution in [-0.4, -0.2) is 51.3 Å². The number of guanidine groups is 1. The molecule has 1 unspecified atom stereocenters. The predicted octanol–water partition coefficient (Wildman–Crippen LogP) is 3.42. The Morgan fingerprint density at radius 2 is 2.04 bits per heavy atom. The van der Waals surface area contributed by atoms with E-state index in [1.165, 1.54) is 5.56 Å². The van der Waals surface area contributed by atoms with Gasteiger partial charge in [-0.15, -0.1) is 24.0 Å². The molecule has 1 N–H and O–H groups in total. The first-order valence-corrected chi connectivity index (χ1v) is 8.53. The summed E-state index contributed by atoms with van der Waals surface area (Å²) in [5.74, 6) is 1.59. The fourth-order valence-electron chi connectivity index (χ4n) is 3.12. The van der Waals surface area contributed by atoms with Crippen molar-refractivity contribution >= 4 is 29.9 Å². The zero-order valence-corrected chi connectivity index (χ0v) is 17.7. The maximum atomic E-state index is 5.47. The van der Waals surface area contributed by atoms with Gasteiger partial charge in [-0.2, -0.15) is 0 Å². The van der Waals surface area contributed by atoms with Crippen molar-refractivity contribution in [3.8, 4) is 0 Å². The lowest BCUT2D eigenvalue weighted by atomic mass is 9.86. The minimum absolute atomic E-state index is 0. The second-order valence-electron chi connectivity index (χ2n) is 7.34. The van der Waals surface area contributed by atoms with Crippen LogP contribution in [0.5, 0.6) is 0 Å². The van der Waals surface area contributed by atoms with Crippen molar-refractivity contribution in [3.05, 3.63) is 35.9 Å². The van der Waals surface area contributed by atoms with Crippen LogP contribution in [0.2, 0.25) is 0 Å². The van der Waals surface area contributed by atoms with E-state index >= 15 is 0 Å². The molecule has 2 rings (SSSR count). The summed E-state index contributed by atoms with van der Waals surface area (Å²) in [4.78, 5) is 6.65. The molecular formula is C19H32IN3O. The number of benzene rings is 1. The summed E-state index contributed by atoms with van der Waals surface area (Å²) in [5.41, 5.74) is 1.56. The number of rotatable bonds is 6. The van der Waals surface area contributed by atoms with Crippen LogP contribution in [0, 0.1) is 11.3 Å². The first-order chi connectivity index (χ1) is 11.0. The van der Waals surface area contributed by atoms with E-state index in [-0.39, 0.29) is 29.4 Å². The Morgan fingerprint density at radius 1 is 1.33 bits per heavy atom. The molecule has 1 heterocycles. The van der Waals surface area contributed by atoms with Crippen LogP contribution in [0.25, 0.3) is 0 Å². The van der Waals surface area contributed by atoms with E-state index in [1.807, 2.05) is 7.05 Å². The van der Waals surface area contributed by atoms with Gasteiger partial charge in [-0.05, 0) is 23.8 Å².